The molecular formula is C25H20F7NO3. The van der Waals surface area contributed by atoms with E-state index in [4.69, 9.17) is 4.74 Å². The van der Waals surface area contributed by atoms with Crippen LogP contribution in [0.5, 0.6) is 17.2 Å². The fraction of sp³-hybridized carbons (Fsp3) is 0.280. The average molecular weight is 515 g/mol. The molecule has 0 N–H and O–H groups in total. The van der Waals surface area contributed by atoms with Crippen molar-refractivity contribution in [3.05, 3.63) is 72.3 Å². The second-order valence-corrected chi connectivity index (χ2v) is 7.88. The maximum atomic E-state index is 13.4. The Kier molecular flexibility index (Phi) is 6.92. The van der Waals surface area contributed by atoms with Gasteiger partial charge in [0.15, 0.2) is 5.75 Å². The third kappa shape index (κ3) is 5.44. The van der Waals surface area contributed by atoms with Crippen molar-refractivity contribution in [1.29, 1.82) is 0 Å². The molecule has 4 nitrogen and oxygen atoms in total. The molecule has 0 radical (unpaired) electrons. The molecule has 1 aliphatic heterocycles. The zero-order valence-electron chi connectivity index (χ0n) is 18.7. The van der Waals surface area contributed by atoms with E-state index in [1.54, 1.807) is 30.3 Å². The summed E-state index contributed by atoms with van der Waals surface area (Å²) < 4.78 is 104. The standard InChI is InChI=1S/C25H20F7NO3/c1-2-33-20-11-5-10-19(15-6-3-9-18(12-15)36-25(30,31)32)22(20)34-14-21(33)16-7-4-8-17(13-16)35-24(28,29)23(26)27/h3-13,21,23H,2,14H2,1H3. The van der Waals surface area contributed by atoms with Gasteiger partial charge in [-0.2, -0.15) is 17.6 Å². The largest absolute Gasteiger partial charge is 0.573 e. The van der Waals surface area contributed by atoms with Gasteiger partial charge in [0.05, 0.1) is 11.7 Å². The molecule has 1 atom stereocenters. The number of benzene rings is 3. The van der Waals surface area contributed by atoms with Crippen molar-refractivity contribution in [1.82, 2.24) is 0 Å². The van der Waals surface area contributed by atoms with Gasteiger partial charge in [0.1, 0.15) is 18.1 Å². The summed E-state index contributed by atoms with van der Waals surface area (Å²) in [6, 6.07) is 15.6. The Hall–Kier alpha value is -3.63. The Labute approximate surface area is 201 Å². The van der Waals surface area contributed by atoms with Gasteiger partial charge < -0.3 is 19.1 Å². The third-order valence-corrected chi connectivity index (χ3v) is 5.54. The molecule has 0 saturated heterocycles. The van der Waals surface area contributed by atoms with Crippen molar-refractivity contribution < 1.29 is 44.9 Å². The van der Waals surface area contributed by atoms with Crippen molar-refractivity contribution in [3.63, 3.8) is 0 Å². The SMILES string of the molecule is CCN1c2cccc(-c3cccc(OC(F)(F)F)c3)c2OCC1c1cccc(OC(F)(F)C(F)F)c1. The second kappa shape index (κ2) is 9.79. The molecule has 0 fully saturated rings. The lowest BCUT2D eigenvalue weighted by atomic mass is 9.98. The maximum Gasteiger partial charge on any atom is 0.573 e. The zero-order valence-corrected chi connectivity index (χ0v) is 18.7. The molecule has 4 rings (SSSR count). The minimum Gasteiger partial charge on any atom is -0.488 e. The van der Waals surface area contributed by atoms with Crippen LogP contribution in [0.15, 0.2) is 66.7 Å². The maximum absolute atomic E-state index is 13.4. The molecule has 0 amide bonds. The minimum absolute atomic E-state index is 0.0608. The van der Waals surface area contributed by atoms with E-state index in [-0.39, 0.29) is 12.4 Å². The highest BCUT2D eigenvalue weighted by molar-refractivity contribution is 5.80. The summed E-state index contributed by atoms with van der Waals surface area (Å²) in [5, 5.41) is 0. The van der Waals surface area contributed by atoms with Gasteiger partial charge in [0.25, 0.3) is 0 Å². The van der Waals surface area contributed by atoms with Crippen LogP contribution in [0.25, 0.3) is 11.1 Å². The molecule has 0 aromatic heterocycles. The quantitative estimate of drug-likeness (QED) is 0.306. The first kappa shape index (κ1) is 25.5. The molecular weight excluding hydrogens is 495 g/mol. The van der Waals surface area contributed by atoms with Crippen LogP contribution >= 0.6 is 0 Å². The number of para-hydroxylation sites is 1. The first-order chi connectivity index (χ1) is 17.0. The fourth-order valence-corrected chi connectivity index (χ4v) is 4.06. The lowest BCUT2D eigenvalue weighted by Crippen LogP contribution is -2.37. The number of likely N-dealkylation sites (N-methyl/N-ethyl adjacent to an activating group) is 1. The summed E-state index contributed by atoms with van der Waals surface area (Å²) in [4.78, 5) is 1.92. The van der Waals surface area contributed by atoms with Crippen molar-refractivity contribution in [2.24, 2.45) is 0 Å². The van der Waals surface area contributed by atoms with Gasteiger partial charge in [-0.05, 0) is 48.4 Å². The van der Waals surface area contributed by atoms with Gasteiger partial charge >= 0.3 is 18.9 Å². The van der Waals surface area contributed by atoms with E-state index in [9.17, 15) is 30.7 Å². The molecule has 1 heterocycles. The van der Waals surface area contributed by atoms with E-state index in [0.717, 1.165) is 6.07 Å². The van der Waals surface area contributed by atoms with Crippen molar-refractivity contribution >= 4 is 5.69 Å². The molecule has 1 aliphatic rings. The molecule has 0 aliphatic carbocycles. The Bertz CT molecular complexity index is 1220. The highest BCUT2D eigenvalue weighted by Crippen LogP contribution is 2.46. The van der Waals surface area contributed by atoms with E-state index in [1.807, 2.05) is 11.8 Å². The first-order valence-electron chi connectivity index (χ1n) is 10.8. The van der Waals surface area contributed by atoms with Crippen molar-refractivity contribution in [2.75, 3.05) is 18.1 Å². The van der Waals surface area contributed by atoms with Gasteiger partial charge in [-0.25, -0.2) is 0 Å². The summed E-state index contributed by atoms with van der Waals surface area (Å²) in [5.41, 5.74) is 2.09. The number of fused-ring (bicyclic) bond motifs is 1. The van der Waals surface area contributed by atoms with Gasteiger partial charge in [-0.3, -0.25) is 0 Å². The average Bonchev–Trinajstić information content (AvgIpc) is 2.81. The molecule has 0 bridgehead atoms. The smallest absolute Gasteiger partial charge is 0.488 e. The number of hydrogen-bond acceptors (Lipinski definition) is 4. The molecule has 3 aromatic carbocycles. The van der Waals surface area contributed by atoms with Crippen LogP contribution in [0.2, 0.25) is 0 Å². The predicted molar refractivity (Wildman–Crippen MR) is 118 cm³/mol. The summed E-state index contributed by atoms with van der Waals surface area (Å²) in [5.74, 6) is -0.373. The normalized spacial score (nSPS) is 15.9. The summed E-state index contributed by atoms with van der Waals surface area (Å²) in [6.07, 6.45) is -13.5. The summed E-state index contributed by atoms with van der Waals surface area (Å²) >= 11 is 0. The summed E-state index contributed by atoms with van der Waals surface area (Å²) in [6.45, 7) is 2.38. The van der Waals surface area contributed by atoms with Crippen LogP contribution in [0.3, 0.4) is 0 Å². The molecule has 36 heavy (non-hydrogen) atoms. The zero-order chi connectivity index (χ0) is 26.1. The van der Waals surface area contributed by atoms with E-state index < -0.39 is 30.7 Å². The first-order valence-corrected chi connectivity index (χ1v) is 10.8. The number of halogens is 7. The minimum atomic E-state index is -4.84. The van der Waals surface area contributed by atoms with E-state index >= 15 is 0 Å². The van der Waals surface area contributed by atoms with E-state index in [0.29, 0.717) is 34.7 Å². The highest BCUT2D eigenvalue weighted by atomic mass is 19.4. The van der Waals surface area contributed by atoms with Crippen molar-refractivity contribution in [3.8, 4) is 28.4 Å². The van der Waals surface area contributed by atoms with Crippen LogP contribution in [0.4, 0.5) is 36.4 Å². The molecule has 1 unspecified atom stereocenters. The molecule has 11 heteroatoms. The molecule has 0 spiro atoms. The fourth-order valence-electron chi connectivity index (χ4n) is 4.06. The van der Waals surface area contributed by atoms with Crippen LogP contribution in [-0.2, 0) is 0 Å². The van der Waals surface area contributed by atoms with Gasteiger partial charge in [-0.15, -0.1) is 13.2 Å². The number of anilines is 1. The number of nitrogens with zero attached hydrogens (tertiary/aromatic N) is 1. The van der Waals surface area contributed by atoms with Gasteiger partial charge in [-0.1, -0.05) is 36.4 Å². The van der Waals surface area contributed by atoms with E-state index in [1.165, 1.54) is 30.3 Å². The number of ether oxygens (including phenoxy) is 3. The number of hydrogen-bond donors (Lipinski definition) is 0. The monoisotopic (exact) mass is 515 g/mol. The van der Waals surface area contributed by atoms with Gasteiger partial charge in [0, 0.05) is 12.1 Å². The van der Waals surface area contributed by atoms with Crippen LogP contribution in [-0.4, -0.2) is 32.0 Å². The Morgan fingerprint density at radius 1 is 0.917 bits per heavy atom. The summed E-state index contributed by atoms with van der Waals surface area (Å²) in [7, 11) is 0. The number of alkyl halides is 7. The topological polar surface area (TPSA) is 30.9 Å². The van der Waals surface area contributed by atoms with Crippen molar-refractivity contribution in [2.45, 2.75) is 31.9 Å². The highest BCUT2D eigenvalue weighted by Gasteiger charge is 2.44. The lowest BCUT2D eigenvalue weighted by Gasteiger charge is -2.39. The molecule has 192 valence electrons. The van der Waals surface area contributed by atoms with Gasteiger partial charge in [0.2, 0.25) is 0 Å². The van der Waals surface area contributed by atoms with Crippen LogP contribution in [0, 0.1) is 0 Å². The lowest BCUT2D eigenvalue weighted by molar-refractivity contribution is -0.274. The molecule has 3 aromatic rings. The Morgan fingerprint density at radius 2 is 1.58 bits per heavy atom. The van der Waals surface area contributed by atoms with Crippen LogP contribution < -0.4 is 19.1 Å². The predicted octanol–water partition coefficient (Wildman–Crippen LogP) is 7.45. The third-order valence-electron chi connectivity index (χ3n) is 5.54. The van der Waals surface area contributed by atoms with E-state index in [2.05, 4.69) is 9.47 Å². The Balaban J connectivity index is 1.66. The molecule has 0 saturated carbocycles. The van der Waals surface area contributed by atoms with Crippen LogP contribution in [0.1, 0.15) is 18.5 Å². The Morgan fingerprint density at radius 3 is 2.25 bits per heavy atom. The second-order valence-electron chi connectivity index (χ2n) is 7.88. The number of rotatable bonds is 7.